The molecular formula is C13H19NO5S. The molecule has 0 unspecified atom stereocenters. The van der Waals surface area contributed by atoms with Gasteiger partial charge in [-0.1, -0.05) is 0 Å². The monoisotopic (exact) mass is 301 g/mol. The van der Waals surface area contributed by atoms with E-state index in [1.165, 1.54) is 27.2 Å². The maximum atomic E-state index is 12.2. The summed E-state index contributed by atoms with van der Waals surface area (Å²) in [4.78, 5) is 15.2. The summed E-state index contributed by atoms with van der Waals surface area (Å²) in [5, 5.41) is 9.04. The van der Waals surface area contributed by atoms with Gasteiger partial charge >= 0.3 is 5.97 Å². The molecule has 0 fully saturated rings. The lowest BCUT2D eigenvalue weighted by Crippen LogP contribution is -2.41. The van der Waals surface area contributed by atoms with Gasteiger partial charge in [-0.2, -0.15) is 0 Å². The van der Waals surface area contributed by atoms with Crippen LogP contribution in [0.2, 0.25) is 0 Å². The second kappa shape index (κ2) is 5.40. The van der Waals surface area contributed by atoms with E-state index < -0.39 is 26.3 Å². The highest BCUT2D eigenvalue weighted by molar-refractivity contribution is 7.92. The van der Waals surface area contributed by atoms with Crippen LogP contribution in [0.5, 0.6) is 5.75 Å². The standard InChI is InChI=1S/C13H19NO5S/c1-8-6-14-10(9(2)11(8)19-5)7-20(17,18)13(3,4)12(15)16/h6H,7H2,1-5H3,(H,15,16). The van der Waals surface area contributed by atoms with Crippen LogP contribution in [0.15, 0.2) is 6.20 Å². The molecule has 0 saturated heterocycles. The molecule has 1 N–H and O–H groups in total. The summed E-state index contributed by atoms with van der Waals surface area (Å²) < 4.78 is 27.8. The summed E-state index contributed by atoms with van der Waals surface area (Å²) in [6.07, 6.45) is 1.52. The van der Waals surface area contributed by atoms with Crippen LogP contribution < -0.4 is 4.74 Å². The van der Waals surface area contributed by atoms with Crippen LogP contribution in [0, 0.1) is 13.8 Å². The fourth-order valence-electron chi connectivity index (χ4n) is 1.71. The smallest absolute Gasteiger partial charge is 0.324 e. The molecule has 0 atom stereocenters. The zero-order valence-corrected chi connectivity index (χ0v) is 13.0. The average molecular weight is 301 g/mol. The molecule has 0 amide bonds. The van der Waals surface area contributed by atoms with Crippen molar-refractivity contribution in [1.29, 1.82) is 0 Å². The molecule has 0 saturated carbocycles. The predicted molar refractivity (Wildman–Crippen MR) is 74.6 cm³/mol. The number of sulfone groups is 1. The zero-order chi connectivity index (χ0) is 15.7. The molecule has 0 spiro atoms. The highest BCUT2D eigenvalue weighted by Crippen LogP contribution is 2.28. The third-order valence-electron chi connectivity index (χ3n) is 3.37. The van der Waals surface area contributed by atoms with Crippen molar-refractivity contribution in [2.75, 3.05) is 7.11 Å². The molecular weight excluding hydrogens is 282 g/mol. The molecule has 0 bridgehead atoms. The number of methoxy groups -OCH3 is 1. The number of ether oxygens (including phenoxy) is 1. The van der Waals surface area contributed by atoms with Gasteiger partial charge in [-0.25, -0.2) is 8.42 Å². The Bertz CT molecular complexity index is 634. The molecule has 112 valence electrons. The third-order valence-corrected chi connectivity index (χ3v) is 5.75. The van der Waals surface area contributed by atoms with Gasteiger partial charge in [-0.3, -0.25) is 9.78 Å². The fraction of sp³-hybridized carbons (Fsp3) is 0.538. The lowest BCUT2D eigenvalue weighted by atomic mass is 10.1. The van der Waals surface area contributed by atoms with Gasteiger partial charge in [0.15, 0.2) is 14.6 Å². The minimum absolute atomic E-state index is 0.307. The highest BCUT2D eigenvalue weighted by atomic mass is 32.2. The normalized spacial score (nSPS) is 12.2. The Morgan fingerprint density at radius 2 is 1.95 bits per heavy atom. The number of aliphatic carboxylic acids is 1. The van der Waals surface area contributed by atoms with Gasteiger partial charge in [0, 0.05) is 17.3 Å². The Kier molecular flexibility index (Phi) is 4.43. The van der Waals surface area contributed by atoms with Crippen LogP contribution >= 0.6 is 0 Å². The Balaban J connectivity index is 3.28. The number of hydrogen-bond acceptors (Lipinski definition) is 5. The molecule has 6 nitrogen and oxygen atoms in total. The van der Waals surface area contributed by atoms with E-state index in [1.54, 1.807) is 13.8 Å². The lowest BCUT2D eigenvalue weighted by molar-refractivity contribution is -0.139. The molecule has 0 aliphatic rings. The first-order valence-corrected chi connectivity index (χ1v) is 7.64. The second-order valence-electron chi connectivity index (χ2n) is 5.12. The molecule has 0 aliphatic heterocycles. The van der Waals surface area contributed by atoms with E-state index in [4.69, 9.17) is 9.84 Å². The van der Waals surface area contributed by atoms with Crippen LogP contribution in [-0.2, 0) is 20.4 Å². The van der Waals surface area contributed by atoms with Crippen LogP contribution in [0.1, 0.15) is 30.7 Å². The highest BCUT2D eigenvalue weighted by Gasteiger charge is 2.42. The molecule has 1 heterocycles. The van der Waals surface area contributed by atoms with Gasteiger partial charge in [0.2, 0.25) is 0 Å². The van der Waals surface area contributed by atoms with Crippen LogP contribution in [0.25, 0.3) is 0 Å². The number of carboxylic acid groups (broad SMARTS) is 1. The number of hydrogen-bond donors (Lipinski definition) is 1. The molecule has 1 aromatic rings. The van der Waals surface area contributed by atoms with E-state index in [1.807, 2.05) is 0 Å². The number of carbonyl (C=O) groups is 1. The van der Waals surface area contributed by atoms with Crippen molar-refractivity contribution < 1.29 is 23.1 Å². The maximum absolute atomic E-state index is 12.2. The number of aryl methyl sites for hydroxylation is 1. The Hall–Kier alpha value is -1.63. The van der Waals surface area contributed by atoms with Gasteiger partial charge in [0.25, 0.3) is 0 Å². The lowest BCUT2D eigenvalue weighted by Gasteiger charge is -2.20. The predicted octanol–water partition coefficient (Wildman–Crippen LogP) is 1.49. The number of nitrogens with zero attached hydrogens (tertiary/aromatic N) is 1. The van der Waals surface area contributed by atoms with E-state index in [2.05, 4.69) is 4.98 Å². The van der Waals surface area contributed by atoms with Gasteiger partial charge in [0.05, 0.1) is 18.6 Å². The van der Waals surface area contributed by atoms with Crippen molar-refractivity contribution in [3.8, 4) is 5.75 Å². The van der Waals surface area contributed by atoms with E-state index >= 15 is 0 Å². The Morgan fingerprint density at radius 1 is 1.40 bits per heavy atom. The minimum Gasteiger partial charge on any atom is -0.496 e. The molecule has 1 aromatic heterocycles. The van der Waals surface area contributed by atoms with Crippen molar-refractivity contribution in [3.63, 3.8) is 0 Å². The van der Waals surface area contributed by atoms with Gasteiger partial charge < -0.3 is 9.84 Å². The van der Waals surface area contributed by atoms with Crippen LogP contribution in [0.3, 0.4) is 0 Å². The number of pyridine rings is 1. The molecule has 7 heteroatoms. The van der Waals surface area contributed by atoms with Crippen LogP contribution in [-0.4, -0.2) is 36.3 Å². The van der Waals surface area contributed by atoms with Crippen molar-refractivity contribution in [2.24, 2.45) is 0 Å². The molecule has 0 aromatic carbocycles. The van der Waals surface area contributed by atoms with Crippen LogP contribution in [0.4, 0.5) is 0 Å². The van der Waals surface area contributed by atoms with E-state index in [0.29, 0.717) is 17.0 Å². The van der Waals surface area contributed by atoms with E-state index in [0.717, 1.165) is 5.56 Å². The van der Waals surface area contributed by atoms with Crippen molar-refractivity contribution in [3.05, 3.63) is 23.0 Å². The summed E-state index contributed by atoms with van der Waals surface area (Å²) in [6, 6.07) is 0. The minimum atomic E-state index is -3.89. The summed E-state index contributed by atoms with van der Waals surface area (Å²) in [6.45, 7) is 5.85. The van der Waals surface area contributed by atoms with E-state index in [9.17, 15) is 13.2 Å². The molecule has 1 rings (SSSR count). The first-order chi connectivity index (χ1) is 9.04. The molecule has 0 radical (unpaired) electrons. The number of carboxylic acids is 1. The summed E-state index contributed by atoms with van der Waals surface area (Å²) in [5.41, 5.74) is 1.71. The topological polar surface area (TPSA) is 93.6 Å². The quantitative estimate of drug-likeness (QED) is 0.885. The van der Waals surface area contributed by atoms with Crippen molar-refractivity contribution >= 4 is 15.8 Å². The van der Waals surface area contributed by atoms with Crippen molar-refractivity contribution in [2.45, 2.75) is 38.2 Å². The van der Waals surface area contributed by atoms with Gasteiger partial charge in [0.1, 0.15) is 5.75 Å². The first kappa shape index (κ1) is 16.4. The fourth-order valence-corrected chi connectivity index (χ4v) is 2.99. The SMILES string of the molecule is COc1c(C)cnc(CS(=O)(=O)C(C)(C)C(=O)O)c1C. The number of rotatable bonds is 5. The largest absolute Gasteiger partial charge is 0.496 e. The average Bonchev–Trinajstić information content (AvgIpc) is 2.33. The molecule has 0 aliphatic carbocycles. The summed E-state index contributed by atoms with van der Waals surface area (Å²) in [5.74, 6) is -1.25. The van der Waals surface area contributed by atoms with Gasteiger partial charge in [-0.05, 0) is 27.7 Å². The Labute approximate surface area is 118 Å². The Morgan fingerprint density at radius 3 is 2.40 bits per heavy atom. The zero-order valence-electron chi connectivity index (χ0n) is 12.2. The summed E-state index contributed by atoms with van der Waals surface area (Å²) in [7, 11) is -2.40. The third kappa shape index (κ3) is 2.77. The second-order valence-corrected chi connectivity index (χ2v) is 7.66. The summed E-state index contributed by atoms with van der Waals surface area (Å²) >= 11 is 0. The maximum Gasteiger partial charge on any atom is 0.324 e. The van der Waals surface area contributed by atoms with Gasteiger partial charge in [-0.15, -0.1) is 0 Å². The number of aromatic nitrogens is 1. The first-order valence-electron chi connectivity index (χ1n) is 5.99. The van der Waals surface area contributed by atoms with Crippen molar-refractivity contribution in [1.82, 2.24) is 4.98 Å². The van der Waals surface area contributed by atoms with E-state index in [-0.39, 0.29) is 0 Å². The molecule has 20 heavy (non-hydrogen) atoms.